The molecule has 2 rings (SSSR count). The van der Waals surface area contributed by atoms with Crippen LogP contribution in [0.2, 0.25) is 0 Å². The molecule has 0 aromatic heterocycles. The number of hydrogen-bond acceptors (Lipinski definition) is 4. The molecule has 0 radical (unpaired) electrons. The molecule has 1 heterocycles. The van der Waals surface area contributed by atoms with Gasteiger partial charge in [-0.25, -0.2) is 8.42 Å². The summed E-state index contributed by atoms with van der Waals surface area (Å²) in [4.78, 5) is 2.13. The number of sulfonamides is 1. The number of rotatable bonds is 3. The molecule has 0 atom stereocenters. The fraction of sp³-hybridized carbons (Fsp3) is 0.538. The van der Waals surface area contributed by atoms with E-state index in [1.807, 2.05) is 12.1 Å². The highest BCUT2D eigenvalue weighted by Gasteiger charge is 2.29. The summed E-state index contributed by atoms with van der Waals surface area (Å²) >= 11 is 0. The number of phenolic OH excluding ortho intramolecular Hbond substituents is 1. The first kappa shape index (κ1) is 14.1. The number of aromatic hydroxyl groups is 1. The molecule has 0 unspecified atom stereocenters. The highest BCUT2D eigenvalue weighted by Crippen LogP contribution is 2.21. The standard InChI is InChI=1S/C13H20N2O3S/c1-11(2)19(17,18)15-9-7-14(8-10-15)12-3-5-13(16)6-4-12/h3-6,11,16H,7-10H2,1-2H3. The molecule has 5 nitrogen and oxygen atoms in total. The van der Waals surface area contributed by atoms with E-state index in [0.717, 1.165) is 5.69 Å². The van der Waals surface area contributed by atoms with E-state index in [4.69, 9.17) is 0 Å². The zero-order valence-electron chi connectivity index (χ0n) is 11.3. The van der Waals surface area contributed by atoms with Gasteiger partial charge in [0.15, 0.2) is 0 Å². The predicted molar refractivity (Wildman–Crippen MR) is 75.9 cm³/mol. The van der Waals surface area contributed by atoms with Gasteiger partial charge in [-0.3, -0.25) is 0 Å². The molecule has 0 bridgehead atoms. The molecular weight excluding hydrogens is 264 g/mol. The van der Waals surface area contributed by atoms with Crippen molar-refractivity contribution >= 4 is 15.7 Å². The van der Waals surface area contributed by atoms with Crippen LogP contribution in [-0.2, 0) is 10.0 Å². The number of hydrogen-bond donors (Lipinski definition) is 1. The van der Waals surface area contributed by atoms with Crippen LogP contribution in [0.25, 0.3) is 0 Å². The van der Waals surface area contributed by atoms with Crippen LogP contribution in [0, 0.1) is 0 Å². The maximum Gasteiger partial charge on any atom is 0.216 e. The summed E-state index contributed by atoms with van der Waals surface area (Å²) in [5.74, 6) is 0.241. The van der Waals surface area contributed by atoms with Gasteiger partial charge in [-0.2, -0.15) is 4.31 Å². The van der Waals surface area contributed by atoms with Gasteiger partial charge in [0.25, 0.3) is 0 Å². The Morgan fingerprint density at radius 3 is 2.05 bits per heavy atom. The lowest BCUT2D eigenvalue weighted by Gasteiger charge is -2.36. The lowest BCUT2D eigenvalue weighted by Crippen LogP contribution is -2.50. The van der Waals surface area contributed by atoms with E-state index in [0.29, 0.717) is 26.2 Å². The summed E-state index contributed by atoms with van der Waals surface area (Å²) in [6, 6.07) is 6.99. The van der Waals surface area contributed by atoms with Crippen LogP contribution in [0.4, 0.5) is 5.69 Å². The average Bonchev–Trinajstić information content (AvgIpc) is 2.39. The fourth-order valence-corrected chi connectivity index (χ4v) is 3.43. The molecule has 1 fully saturated rings. The van der Waals surface area contributed by atoms with Crippen LogP contribution in [0.1, 0.15) is 13.8 Å². The summed E-state index contributed by atoms with van der Waals surface area (Å²) < 4.78 is 25.7. The molecule has 1 aliphatic rings. The zero-order valence-corrected chi connectivity index (χ0v) is 12.1. The largest absolute Gasteiger partial charge is 0.508 e. The average molecular weight is 284 g/mol. The van der Waals surface area contributed by atoms with Gasteiger partial charge in [-0.1, -0.05) is 0 Å². The molecule has 1 aliphatic heterocycles. The van der Waals surface area contributed by atoms with Gasteiger partial charge in [0, 0.05) is 31.9 Å². The minimum Gasteiger partial charge on any atom is -0.508 e. The third-order valence-corrected chi connectivity index (χ3v) is 5.69. The molecule has 0 saturated carbocycles. The summed E-state index contributed by atoms with van der Waals surface area (Å²) in [6.45, 7) is 5.81. The van der Waals surface area contributed by atoms with Crippen molar-refractivity contribution in [2.24, 2.45) is 0 Å². The Morgan fingerprint density at radius 2 is 1.58 bits per heavy atom. The molecule has 0 amide bonds. The van der Waals surface area contributed by atoms with Crippen molar-refractivity contribution in [3.8, 4) is 5.75 Å². The number of anilines is 1. The maximum absolute atomic E-state index is 12.0. The molecule has 19 heavy (non-hydrogen) atoms. The molecule has 0 aliphatic carbocycles. The topological polar surface area (TPSA) is 60.9 Å². The monoisotopic (exact) mass is 284 g/mol. The Morgan fingerprint density at radius 1 is 1.05 bits per heavy atom. The van der Waals surface area contributed by atoms with Crippen LogP contribution in [0.3, 0.4) is 0 Å². The van der Waals surface area contributed by atoms with Crippen LogP contribution in [0.15, 0.2) is 24.3 Å². The Hall–Kier alpha value is -1.27. The summed E-state index contributed by atoms with van der Waals surface area (Å²) in [5.41, 5.74) is 1.01. The van der Waals surface area contributed by atoms with E-state index in [-0.39, 0.29) is 11.0 Å². The maximum atomic E-state index is 12.0. The van der Waals surface area contributed by atoms with Gasteiger partial charge in [0.1, 0.15) is 5.75 Å². The van der Waals surface area contributed by atoms with Crippen molar-refractivity contribution < 1.29 is 13.5 Å². The van der Waals surface area contributed by atoms with E-state index in [1.54, 1.807) is 30.3 Å². The minimum atomic E-state index is -3.15. The molecule has 1 aromatic carbocycles. The second-order valence-corrected chi connectivity index (χ2v) is 7.49. The molecule has 106 valence electrons. The minimum absolute atomic E-state index is 0.241. The second-order valence-electron chi connectivity index (χ2n) is 5.00. The van der Waals surface area contributed by atoms with Gasteiger partial charge in [0.05, 0.1) is 5.25 Å². The first-order chi connectivity index (χ1) is 8.91. The van der Waals surface area contributed by atoms with Crippen LogP contribution < -0.4 is 4.90 Å². The summed E-state index contributed by atoms with van der Waals surface area (Å²) in [6.07, 6.45) is 0. The lowest BCUT2D eigenvalue weighted by atomic mass is 10.2. The quantitative estimate of drug-likeness (QED) is 0.907. The van der Waals surface area contributed by atoms with E-state index >= 15 is 0 Å². The number of piperazine rings is 1. The Labute approximate surface area is 114 Å². The van der Waals surface area contributed by atoms with Gasteiger partial charge < -0.3 is 10.0 Å². The fourth-order valence-electron chi connectivity index (χ4n) is 2.16. The van der Waals surface area contributed by atoms with E-state index in [9.17, 15) is 13.5 Å². The van der Waals surface area contributed by atoms with E-state index in [2.05, 4.69) is 4.90 Å². The lowest BCUT2D eigenvalue weighted by molar-refractivity contribution is 0.381. The first-order valence-corrected chi connectivity index (χ1v) is 7.94. The van der Waals surface area contributed by atoms with Gasteiger partial charge in [0.2, 0.25) is 10.0 Å². The molecular formula is C13H20N2O3S. The van der Waals surface area contributed by atoms with Crippen molar-refractivity contribution in [1.29, 1.82) is 0 Å². The smallest absolute Gasteiger partial charge is 0.216 e. The van der Waals surface area contributed by atoms with Crippen molar-refractivity contribution in [1.82, 2.24) is 4.31 Å². The molecule has 0 spiro atoms. The Bertz CT molecular complexity index is 517. The third-order valence-electron chi connectivity index (χ3n) is 3.41. The van der Waals surface area contributed by atoms with Crippen molar-refractivity contribution in [3.05, 3.63) is 24.3 Å². The number of benzene rings is 1. The van der Waals surface area contributed by atoms with E-state index < -0.39 is 10.0 Å². The highest BCUT2D eigenvalue weighted by molar-refractivity contribution is 7.89. The molecule has 1 saturated heterocycles. The second kappa shape index (κ2) is 5.38. The van der Waals surface area contributed by atoms with Gasteiger partial charge in [-0.15, -0.1) is 0 Å². The van der Waals surface area contributed by atoms with Crippen molar-refractivity contribution in [2.45, 2.75) is 19.1 Å². The number of nitrogens with zero attached hydrogens (tertiary/aromatic N) is 2. The van der Waals surface area contributed by atoms with Crippen LogP contribution >= 0.6 is 0 Å². The molecule has 1 aromatic rings. The Balaban J connectivity index is 2.02. The van der Waals surface area contributed by atoms with Crippen LogP contribution in [-0.4, -0.2) is 49.3 Å². The predicted octanol–water partition coefficient (Wildman–Crippen LogP) is 1.25. The zero-order chi connectivity index (χ0) is 14.0. The van der Waals surface area contributed by atoms with Crippen molar-refractivity contribution in [2.75, 3.05) is 31.1 Å². The molecule has 1 N–H and O–H groups in total. The summed E-state index contributed by atoms with van der Waals surface area (Å²) in [5, 5.41) is 8.89. The molecule has 6 heteroatoms. The van der Waals surface area contributed by atoms with Gasteiger partial charge in [-0.05, 0) is 38.1 Å². The summed E-state index contributed by atoms with van der Waals surface area (Å²) in [7, 11) is -3.15. The highest BCUT2D eigenvalue weighted by atomic mass is 32.2. The van der Waals surface area contributed by atoms with Crippen LogP contribution in [0.5, 0.6) is 5.75 Å². The Kier molecular flexibility index (Phi) is 4.01. The first-order valence-electron chi connectivity index (χ1n) is 6.44. The van der Waals surface area contributed by atoms with E-state index in [1.165, 1.54) is 0 Å². The SMILES string of the molecule is CC(C)S(=O)(=O)N1CCN(c2ccc(O)cc2)CC1. The van der Waals surface area contributed by atoms with Gasteiger partial charge >= 0.3 is 0 Å². The normalized spacial score (nSPS) is 17.9. The number of phenols is 1. The van der Waals surface area contributed by atoms with Crippen molar-refractivity contribution in [3.63, 3.8) is 0 Å². The third kappa shape index (κ3) is 3.01.